The second kappa shape index (κ2) is 7.24. The smallest absolute Gasteiger partial charge is 0.323 e. The molecular weight excluding hydrogens is 254 g/mol. The number of aromatic nitrogens is 1. The van der Waals surface area contributed by atoms with Gasteiger partial charge in [-0.05, 0) is 38.4 Å². The average molecular weight is 277 g/mol. The van der Waals surface area contributed by atoms with Crippen LogP contribution in [-0.2, 0) is 16.1 Å². The first kappa shape index (κ1) is 14.8. The summed E-state index contributed by atoms with van der Waals surface area (Å²) < 4.78 is 5.18. The number of anilines is 1. The number of nitrogens with one attached hydrogen (secondary N) is 1. The first-order valence-corrected chi connectivity index (χ1v) is 7.28. The number of carbonyl (C=O) groups is 1. The molecule has 0 amide bonds. The molecule has 5 heteroatoms. The molecule has 0 aliphatic carbocycles. The Labute approximate surface area is 120 Å². The Hall–Kier alpha value is -1.62. The van der Waals surface area contributed by atoms with Crippen LogP contribution in [0.4, 0.5) is 5.69 Å². The lowest BCUT2D eigenvalue weighted by molar-refractivity contribution is -0.151. The summed E-state index contributed by atoms with van der Waals surface area (Å²) in [5, 5.41) is 3.11. The number of esters is 1. The molecule has 1 unspecified atom stereocenters. The number of piperidine rings is 1. The fraction of sp³-hybridized carbons (Fsp3) is 0.600. The van der Waals surface area contributed by atoms with Crippen molar-refractivity contribution in [2.24, 2.45) is 0 Å². The molecule has 1 aromatic heterocycles. The van der Waals surface area contributed by atoms with Crippen molar-refractivity contribution in [1.29, 1.82) is 0 Å². The normalized spacial score (nSPS) is 19.6. The molecule has 1 aliphatic heterocycles. The molecule has 1 N–H and O–H groups in total. The Morgan fingerprint density at radius 1 is 1.55 bits per heavy atom. The van der Waals surface area contributed by atoms with E-state index in [-0.39, 0.29) is 12.0 Å². The van der Waals surface area contributed by atoms with Crippen molar-refractivity contribution in [1.82, 2.24) is 9.88 Å². The molecule has 0 saturated carbocycles. The van der Waals surface area contributed by atoms with E-state index in [2.05, 4.69) is 15.2 Å². The predicted molar refractivity (Wildman–Crippen MR) is 78.5 cm³/mol. The minimum Gasteiger partial charge on any atom is -0.465 e. The van der Waals surface area contributed by atoms with Crippen LogP contribution in [0.3, 0.4) is 0 Å². The number of nitrogens with zero attached hydrogens (tertiary/aromatic N) is 2. The third-order valence-electron chi connectivity index (χ3n) is 3.64. The van der Waals surface area contributed by atoms with Crippen molar-refractivity contribution in [3.63, 3.8) is 0 Å². The number of carbonyl (C=O) groups excluding carboxylic acids is 1. The van der Waals surface area contributed by atoms with Crippen LogP contribution in [0, 0.1) is 0 Å². The van der Waals surface area contributed by atoms with Crippen LogP contribution in [0.15, 0.2) is 18.3 Å². The highest BCUT2D eigenvalue weighted by atomic mass is 16.5. The molecule has 5 nitrogen and oxygen atoms in total. The van der Waals surface area contributed by atoms with Gasteiger partial charge in [-0.15, -0.1) is 0 Å². The van der Waals surface area contributed by atoms with E-state index < -0.39 is 0 Å². The van der Waals surface area contributed by atoms with Gasteiger partial charge in [-0.1, -0.05) is 6.42 Å². The van der Waals surface area contributed by atoms with Gasteiger partial charge in [-0.25, -0.2) is 0 Å². The van der Waals surface area contributed by atoms with Gasteiger partial charge >= 0.3 is 5.97 Å². The highest BCUT2D eigenvalue weighted by Crippen LogP contribution is 2.21. The van der Waals surface area contributed by atoms with E-state index in [1.165, 1.54) is 0 Å². The maximum Gasteiger partial charge on any atom is 0.323 e. The first-order chi connectivity index (χ1) is 9.74. The number of likely N-dealkylation sites (tertiary alicyclic amines) is 1. The number of hydrogen-bond donors (Lipinski definition) is 1. The van der Waals surface area contributed by atoms with E-state index in [1.807, 2.05) is 26.1 Å². The summed E-state index contributed by atoms with van der Waals surface area (Å²) in [4.78, 5) is 18.6. The minimum atomic E-state index is -0.122. The first-order valence-electron chi connectivity index (χ1n) is 7.28. The zero-order valence-electron chi connectivity index (χ0n) is 12.3. The fourth-order valence-electron chi connectivity index (χ4n) is 2.61. The summed E-state index contributed by atoms with van der Waals surface area (Å²) in [6.07, 6.45) is 4.89. The highest BCUT2D eigenvalue weighted by molar-refractivity contribution is 5.75. The molecule has 0 aromatic carbocycles. The van der Waals surface area contributed by atoms with Crippen molar-refractivity contribution < 1.29 is 9.53 Å². The predicted octanol–water partition coefficient (Wildman–Crippen LogP) is 2.04. The largest absolute Gasteiger partial charge is 0.465 e. The van der Waals surface area contributed by atoms with Gasteiger partial charge in [0.2, 0.25) is 0 Å². The lowest BCUT2D eigenvalue weighted by Gasteiger charge is -2.33. The molecule has 2 heterocycles. The van der Waals surface area contributed by atoms with Gasteiger partial charge < -0.3 is 10.1 Å². The molecule has 2 rings (SSSR count). The molecule has 1 aliphatic rings. The van der Waals surface area contributed by atoms with E-state index in [4.69, 9.17) is 4.74 Å². The summed E-state index contributed by atoms with van der Waals surface area (Å²) >= 11 is 0. The molecule has 0 bridgehead atoms. The maximum absolute atomic E-state index is 12.0. The maximum atomic E-state index is 12.0. The Balaban J connectivity index is 2.06. The molecule has 110 valence electrons. The zero-order valence-corrected chi connectivity index (χ0v) is 12.3. The minimum absolute atomic E-state index is 0.100. The van der Waals surface area contributed by atoms with Crippen molar-refractivity contribution in [3.05, 3.63) is 24.0 Å². The van der Waals surface area contributed by atoms with Crippen LogP contribution in [0.1, 0.15) is 31.9 Å². The zero-order chi connectivity index (χ0) is 14.4. The molecule has 1 aromatic rings. The average Bonchev–Trinajstić information content (AvgIpc) is 2.48. The van der Waals surface area contributed by atoms with Crippen molar-refractivity contribution in [2.75, 3.05) is 25.5 Å². The van der Waals surface area contributed by atoms with Crippen molar-refractivity contribution >= 4 is 11.7 Å². The summed E-state index contributed by atoms with van der Waals surface area (Å²) in [6.45, 7) is 3.91. The van der Waals surface area contributed by atoms with Gasteiger partial charge in [0.15, 0.2) is 0 Å². The van der Waals surface area contributed by atoms with Crippen LogP contribution in [-0.4, -0.2) is 42.1 Å². The third kappa shape index (κ3) is 3.70. The van der Waals surface area contributed by atoms with Crippen molar-refractivity contribution in [2.45, 2.75) is 38.8 Å². The number of ether oxygens (including phenoxy) is 1. The molecule has 1 atom stereocenters. The molecule has 0 spiro atoms. The van der Waals surface area contributed by atoms with Gasteiger partial charge in [-0.2, -0.15) is 0 Å². The standard InChI is InChI=1S/C15H23N3O2/c1-3-20-15(19)14-6-4-5-9-18(14)11-13-10-12(16-2)7-8-17-13/h7-8,10,14H,3-6,9,11H2,1-2H3,(H,16,17). The van der Waals surface area contributed by atoms with Gasteiger partial charge in [0.25, 0.3) is 0 Å². The topological polar surface area (TPSA) is 54.5 Å². The molecular formula is C15H23N3O2. The lowest BCUT2D eigenvalue weighted by atomic mass is 10.0. The second-order valence-electron chi connectivity index (χ2n) is 5.02. The molecule has 20 heavy (non-hydrogen) atoms. The van der Waals surface area contributed by atoms with Crippen LogP contribution in [0.2, 0.25) is 0 Å². The molecule has 0 radical (unpaired) electrons. The van der Waals surface area contributed by atoms with Crippen LogP contribution < -0.4 is 5.32 Å². The van der Waals surface area contributed by atoms with Crippen molar-refractivity contribution in [3.8, 4) is 0 Å². The van der Waals surface area contributed by atoms with E-state index in [0.29, 0.717) is 13.2 Å². The lowest BCUT2D eigenvalue weighted by Crippen LogP contribution is -2.45. The van der Waals surface area contributed by atoms with Crippen LogP contribution in [0.5, 0.6) is 0 Å². The van der Waals surface area contributed by atoms with E-state index in [1.54, 1.807) is 6.20 Å². The summed E-state index contributed by atoms with van der Waals surface area (Å²) in [6, 6.07) is 3.84. The second-order valence-corrected chi connectivity index (χ2v) is 5.02. The SMILES string of the molecule is CCOC(=O)C1CCCCN1Cc1cc(NC)ccn1. The fourth-order valence-corrected chi connectivity index (χ4v) is 2.61. The van der Waals surface area contributed by atoms with Crippen LogP contribution >= 0.6 is 0 Å². The van der Waals surface area contributed by atoms with Gasteiger partial charge in [0.1, 0.15) is 6.04 Å². The summed E-state index contributed by atoms with van der Waals surface area (Å²) in [5.74, 6) is -0.100. The number of pyridine rings is 1. The monoisotopic (exact) mass is 277 g/mol. The van der Waals surface area contributed by atoms with Gasteiger partial charge in [0, 0.05) is 25.5 Å². The van der Waals surface area contributed by atoms with Crippen LogP contribution in [0.25, 0.3) is 0 Å². The van der Waals surface area contributed by atoms with Gasteiger partial charge in [-0.3, -0.25) is 14.7 Å². The van der Waals surface area contributed by atoms with E-state index >= 15 is 0 Å². The number of rotatable bonds is 5. The summed E-state index contributed by atoms with van der Waals surface area (Å²) in [5.41, 5.74) is 2.02. The quantitative estimate of drug-likeness (QED) is 0.835. The summed E-state index contributed by atoms with van der Waals surface area (Å²) in [7, 11) is 1.89. The Bertz CT molecular complexity index is 450. The highest BCUT2D eigenvalue weighted by Gasteiger charge is 2.29. The Morgan fingerprint density at radius 3 is 3.15 bits per heavy atom. The number of hydrogen-bond acceptors (Lipinski definition) is 5. The molecule has 1 fully saturated rings. The van der Waals surface area contributed by atoms with Gasteiger partial charge in [0.05, 0.1) is 12.3 Å². The Kier molecular flexibility index (Phi) is 5.35. The third-order valence-corrected chi connectivity index (χ3v) is 3.64. The molecule has 1 saturated heterocycles. The van der Waals surface area contributed by atoms with E-state index in [0.717, 1.165) is 37.2 Å². The van der Waals surface area contributed by atoms with E-state index in [9.17, 15) is 4.79 Å². The Morgan fingerprint density at radius 2 is 2.40 bits per heavy atom.